The molecule has 0 saturated heterocycles. The van der Waals surface area contributed by atoms with E-state index in [1.807, 2.05) is 0 Å². The van der Waals surface area contributed by atoms with Crippen LogP contribution >= 0.6 is 0 Å². The molecule has 0 heterocycles. The van der Waals surface area contributed by atoms with Gasteiger partial charge >= 0.3 is 0 Å². The third-order valence-electron chi connectivity index (χ3n) is 2.77. The van der Waals surface area contributed by atoms with Crippen LogP contribution in [0.5, 0.6) is 0 Å². The van der Waals surface area contributed by atoms with Crippen LogP contribution in [0.4, 0.5) is 8.78 Å². The summed E-state index contributed by atoms with van der Waals surface area (Å²) in [5.41, 5.74) is 0.893. The molecule has 1 nitrogen and oxygen atoms in total. The molecule has 0 bridgehead atoms. The molecule has 3 heteroatoms. The van der Waals surface area contributed by atoms with Crippen molar-refractivity contribution >= 4 is 5.78 Å². The van der Waals surface area contributed by atoms with E-state index in [1.165, 1.54) is 24.3 Å². The second kappa shape index (κ2) is 2.98. The summed E-state index contributed by atoms with van der Waals surface area (Å²) in [5, 5.41) is 0. The van der Waals surface area contributed by atoms with Gasteiger partial charge in [0.2, 0.25) is 0 Å². The van der Waals surface area contributed by atoms with E-state index in [4.69, 9.17) is 0 Å². The predicted octanol–water partition coefficient (Wildman–Crippen LogP) is 3.18. The quantitative estimate of drug-likeness (QED) is 0.564. The molecule has 2 aromatic rings. The first-order valence-corrected chi connectivity index (χ1v) is 4.82. The van der Waals surface area contributed by atoms with Crippen LogP contribution in [-0.2, 0) is 0 Å². The Bertz CT molecular complexity index is 564. The monoisotopic (exact) mass is 216 g/mol. The molecule has 0 amide bonds. The fourth-order valence-electron chi connectivity index (χ4n) is 2.08. The summed E-state index contributed by atoms with van der Waals surface area (Å²) in [6.07, 6.45) is 0. The normalized spacial score (nSPS) is 12.5. The van der Waals surface area contributed by atoms with Gasteiger partial charge in [-0.25, -0.2) is 8.78 Å². The number of benzene rings is 2. The van der Waals surface area contributed by atoms with Gasteiger partial charge in [0.25, 0.3) is 0 Å². The SMILES string of the molecule is O=C1c2c(F)cccc2-c2cccc(F)c21. The second-order valence-corrected chi connectivity index (χ2v) is 3.65. The topological polar surface area (TPSA) is 17.1 Å². The maximum atomic E-state index is 13.5. The molecule has 0 aromatic heterocycles. The van der Waals surface area contributed by atoms with Crippen LogP contribution in [0, 0.1) is 11.6 Å². The molecule has 0 atom stereocenters. The predicted molar refractivity (Wildman–Crippen MR) is 55.2 cm³/mol. The van der Waals surface area contributed by atoms with Crippen molar-refractivity contribution < 1.29 is 13.6 Å². The lowest BCUT2D eigenvalue weighted by Gasteiger charge is -1.99. The smallest absolute Gasteiger partial charge is 0.200 e. The Morgan fingerprint density at radius 3 is 1.62 bits per heavy atom. The Morgan fingerprint density at radius 1 is 0.750 bits per heavy atom. The van der Waals surface area contributed by atoms with Gasteiger partial charge < -0.3 is 0 Å². The standard InChI is InChI=1S/C13H6F2O/c14-9-5-1-3-7-8-4-2-6-10(15)12(8)13(16)11(7)9/h1-6H. The number of carbonyl (C=O) groups excluding carboxylic acids is 1. The molecule has 16 heavy (non-hydrogen) atoms. The van der Waals surface area contributed by atoms with Crippen molar-refractivity contribution in [2.75, 3.05) is 0 Å². The molecule has 0 saturated carbocycles. The van der Waals surface area contributed by atoms with Gasteiger partial charge in [-0.1, -0.05) is 24.3 Å². The van der Waals surface area contributed by atoms with E-state index >= 15 is 0 Å². The van der Waals surface area contributed by atoms with Gasteiger partial charge in [-0.15, -0.1) is 0 Å². The zero-order valence-corrected chi connectivity index (χ0v) is 8.13. The molecular weight excluding hydrogens is 210 g/mol. The summed E-state index contributed by atoms with van der Waals surface area (Å²) in [4.78, 5) is 11.8. The molecule has 0 radical (unpaired) electrons. The van der Waals surface area contributed by atoms with Crippen molar-refractivity contribution in [2.24, 2.45) is 0 Å². The fourth-order valence-corrected chi connectivity index (χ4v) is 2.08. The minimum Gasteiger partial charge on any atom is -0.288 e. The molecule has 2 aromatic carbocycles. The van der Waals surface area contributed by atoms with Gasteiger partial charge in [0.1, 0.15) is 11.6 Å². The molecule has 0 unspecified atom stereocenters. The zero-order chi connectivity index (χ0) is 11.3. The molecule has 1 aliphatic rings. The lowest BCUT2D eigenvalue weighted by molar-refractivity contribution is 0.103. The van der Waals surface area contributed by atoms with E-state index in [9.17, 15) is 13.6 Å². The van der Waals surface area contributed by atoms with Crippen LogP contribution in [0.15, 0.2) is 36.4 Å². The van der Waals surface area contributed by atoms with Crippen molar-refractivity contribution in [3.63, 3.8) is 0 Å². The third-order valence-corrected chi connectivity index (χ3v) is 2.77. The van der Waals surface area contributed by atoms with Gasteiger partial charge in [0, 0.05) is 0 Å². The van der Waals surface area contributed by atoms with Crippen molar-refractivity contribution in [3.8, 4) is 11.1 Å². The minimum absolute atomic E-state index is 0.0254. The van der Waals surface area contributed by atoms with Crippen molar-refractivity contribution in [1.29, 1.82) is 0 Å². The average molecular weight is 216 g/mol. The van der Waals surface area contributed by atoms with Crippen LogP contribution in [0.3, 0.4) is 0 Å². The Hall–Kier alpha value is -2.03. The maximum absolute atomic E-state index is 13.5. The summed E-state index contributed by atoms with van der Waals surface area (Å²) in [7, 11) is 0. The van der Waals surface area contributed by atoms with E-state index in [2.05, 4.69) is 0 Å². The molecule has 0 N–H and O–H groups in total. The lowest BCUT2D eigenvalue weighted by Crippen LogP contribution is -2.00. The Labute approximate surface area is 90.3 Å². The zero-order valence-electron chi connectivity index (χ0n) is 8.13. The number of carbonyl (C=O) groups is 1. The molecular formula is C13H6F2O. The average Bonchev–Trinajstić information content (AvgIpc) is 2.56. The number of hydrogen-bond donors (Lipinski definition) is 0. The van der Waals surface area contributed by atoms with E-state index in [0.29, 0.717) is 11.1 Å². The fraction of sp³-hybridized carbons (Fsp3) is 0. The first kappa shape index (κ1) is 9.21. The summed E-state index contributed by atoms with van der Waals surface area (Å²) in [6, 6.07) is 8.70. The highest BCUT2D eigenvalue weighted by atomic mass is 19.1. The van der Waals surface area contributed by atoms with Crippen LogP contribution in [0.2, 0.25) is 0 Å². The van der Waals surface area contributed by atoms with E-state index in [1.54, 1.807) is 12.1 Å². The largest absolute Gasteiger partial charge is 0.288 e. The van der Waals surface area contributed by atoms with Gasteiger partial charge in [0.05, 0.1) is 11.1 Å². The molecule has 1 aliphatic carbocycles. The number of ketones is 1. The Morgan fingerprint density at radius 2 is 1.19 bits per heavy atom. The van der Waals surface area contributed by atoms with Crippen molar-refractivity contribution in [2.45, 2.75) is 0 Å². The summed E-state index contributed by atoms with van der Waals surface area (Å²) < 4.78 is 27.0. The third kappa shape index (κ3) is 0.999. The highest BCUT2D eigenvalue weighted by Gasteiger charge is 2.31. The van der Waals surface area contributed by atoms with Gasteiger partial charge in [-0.05, 0) is 23.3 Å². The number of halogens is 2. The molecule has 78 valence electrons. The lowest BCUT2D eigenvalue weighted by atomic mass is 10.1. The number of rotatable bonds is 0. The van der Waals surface area contributed by atoms with Crippen molar-refractivity contribution in [1.82, 2.24) is 0 Å². The summed E-state index contributed by atoms with van der Waals surface area (Å²) in [5.74, 6) is -1.77. The molecule has 0 spiro atoms. The van der Waals surface area contributed by atoms with E-state index in [-0.39, 0.29) is 11.1 Å². The molecule has 3 rings (SSSR count). The second-order valence-electron chi connectivity index (χ2n) is 3.65. The van der Waals surface area contributed by atoms with Crippen LogP contribution in [0.1, 0.15) is 15.9 Å². The highest BCUT2D eigenvalue weighted by molar-refractivity contribution is 6.21. The van der Waals surface area contributed by atoms with Crippen LogP contribution in [-0.4, -0.2) is 5.78 Å². The van der Waals surface area contributed by atoms with Crippen LogP contribution in [0.25, 0.3) is 11.1 Å². The van der Waals surface area contributed by atoms with Crippen molar-refractivity contribution in [3.05, 3.63) is 59.2 Å². The van der Waals surface area contributed by atoms with Gasteiger partial charge in [-0.3, -0.25) is 4.79 Å². The first-order chi connectivity index (χ1) is 7.70. The highest BCUT2D eigenvalue weighted by Crippen LogP contribution is 2.38. The Kier molecular flexibility index (Phi) is 1.72. The Balaban J connectivity index is 2.44. The molecule has 0 aliphatic heterocycles. The molecule has 0 fully saturated rings. The van der Waals surface area contributed by atoms with Gasteiger partial charge in [-0.2, -0.15) is 0 Å². The van der Waals surface area contributed by atoms with E-state index in [0.717, 1.165) is 0 Å². The van der Waals surface area contributed by atoms with Crippen LogP contribution < -0.4 is 0 Å². The number of hydrogen-bond acceptors (Lipinski definition) is 1. The minimum atomic E-state index is -0.599. The first-order valence-electron chi connectivity index (χ1n) is 4.82. The van der Waals surface area contributed by atoms with E-state index < -0.39 is 17.4 Å². The maximum Gasteiger partial charge on any atom is 0.200 e. The number of fused-ring (bicyclic) bond motifs is 3. The summed E-state index contributed by atoms with van der Waals surface area (Å²) >= 11 is 0. The van der Waals surface area contributed by atoms with Gasteiger partial charge in [0.15, 0.2) is 5.78 Å². The summed E-state index contributed by atoms with van der Waals surface area (Å²) in [6.45, 7) is 0.